The Kier molecular flexibility index (Phi) is 6.19. The third-order valence-corrected chi connectivity index (χ3v) is 7.19. The van der Waals surface area contributed by atoms with Crippen molar-refractivity contribution in [2.45, 2.75) is 6.04 Å². The van der Waals surface area contributed by atoms with E-state index in [-0.39, 0.29) is 6.04 Å². The fourth-order valence-electron chi connectivity index (χ4n) is 5.04. The van der Waals surface area contributed by atoms with Crippen LogP contribution in [-0.2, 0) is 0 Å². The molecule has 1 unspecified atom stereocenters. The van der Waals surface area contributed by atoms with E-state index in [0.717, 1.165) is 22.3 Å². The summed E-state index contributed by atoms with van der Waals surface area (Å²) in [7, 11) is 0. The maximum atomic E-state index is 4.86. The molecule has 0 spiro atoms. The molecule has 40 heavy (non-hydrogen) atoms. The van der Waals surface area contributed by atoms with Crippen LogP contribution in [0.25, 0.3) is 56.1 Å². The number of hydrogen-bond donors (Lipinski definition) is 1. The van der Waals surface area contributed by atoms with Crippen molar-refractivity contribution in [3.63, 3.8) is 0 Å². The van der Waals surface area contributed by atoms with Gasteiger partial charge in [-0.25, -0.2) is 15.0 Å². The highest BCUT2D eigenvalue weighted by Gasteiger charge is 2.13. The van der Waals surface area contributed by atoms with Crippen LogP contribution < -0.4 is 5.32 Å². The van der Waals surface area contributed by atoms with Crippen LogP contribution in [0.5, 0.6) is 0 Å². The van der Waals surface area contributed by atoms with Crippen LogP contribution in [0.1, 0.15) is 11.6 Å². The number of fused-ring (bicyclic) bond motifs is 1. The van der Waals surface area contributed by atoms with Gasteiger partial charge in [-0.3, -0.25) is 0 Å². The summed E-state index contributed by atoms with van der Waals surface area (Å²) in [6.45, 7) is 0. The lowest BCUT2D eigenvalue weighted by molar-refractivity contribution is 0.747. The fourth-order valence-corrected chi connectivity index (χ4v) is 5.04. The molecule has 2 heterocycles. The SMILES string of the molecule is C1=CNC(c2ccc3ccc(-c4ccc(-c5nc(-c6ccccc6)nc(-c6ccccc6)n5)cc4)cc3c2)C=C1. The molecule has 5 aromatic carbocycles. The zero-order valence-electron chi connectivity index (χ0n) is 21.8. The smallest absolute Gasteiger partial charge is 0.164 e. The molecule has 4 heteroatoms. The van der Waals surface area contributed by atoms with Crippen molar-refractivity contribution in [2.75, 3.05) is 0 Å². The van der Waals surface area contributed by atoms with Crippen molar-refractivity contribution in [3.05, 3.63) is 151 Å². The molecule has 0 radical (unpaired) electrons. The van der Waals surface area contributed by atoms with Gasteiger partial charge in [0.2, 0.25) is 0 Å². The van der Waals surface area contributed by atoms with Crippen LogP contribution in [0.2, 0.25) is 0 Å². The van der Waals surface area contributed by atoms with Crippen LogP contribution in [0.3, 0.4) is 0 Å². The molecule has 0 saturated heterocycles. The summed E-state index contributed by atoms with van der Waals surface area (Å²) in [5.41, 5.74) is 6.45. The summed E-state index contributed by atoms with van der Waals surface area (Å²) in [6, 6.07) is 42.1. The Morgan fingerprint density at radius 1 is 0.450 bits per heavy atom. The molecule has 7 rings (SSSR count). The molecular weight excluding hydrogens is 488 g/mol. The lowest BCUT2D eigenvalue weighted by Gasteiger charge is -2.17. The van der Waals surface area contributed by atoms with E-state index < -0.39 is 0 Å². The second kappa shape index (κ2) is 10.4. The minimum atomic E-state index is 0.194. The summed E-state index contributed by atoms with van der Waals surface area (Å²) < 4.78 is 0. The molecule has 1 N–H and O–H groups in total. The van der Waals surface area contributed by atoms with Gasteiger partial charge in [-0.2, -0.15) is 0 Å². The molecule has 0 fully saturated rings. The zero-order valence-corrected chi connectivity index (χ0v) is 21.8. The molecule has 6 aromatic rings. The van der Waals surface area contributed by atoms with Gasteiger partial charge in [0.1, 0.15) is 0 Å². The van der Waals surface area contributed by atoms with Crippen molar-refractivity contribution in [1.29, 1.82) is 0 Å². The van der Waals surface area contributed by atoms with Gasteiger partial charge >= 0.3 is 0 Å². The average Bonchev–Trinajstić information content (AvgIpc) is 3.05. The van der Waals surface area contributed by atoms with Crippen LogP contribution in [-0.4, -0.2) is 15.0 Å². The number of nitrogens with one attached hydrogen (secondary N) is 1. The van der Waals surface area contributed by atoms with Crippen LogP contribution in [0.15, 0.2) is 146 Å². The Balaban J connectivity index is 1.24. The highest BCUT2D eigenvalue weighted by atomic mass is 15.0. The minimum absolute atomic E-state index is 0.194. The first kappa shape index (κ1) is 23.7. The van der Waals surface area contributed by atoms with Gasteiger partial charge in [0.05, 0.1) is 6.04 Å². The summed E-state index contributed by atoms with van der Waals surface area (Å²) in [4.78, 5) is 14.5. The predicted molar refractivity (Wildman–Crippen MR) is 163 cm³/mol. The molecule has 1 aromatic heterocycles. The lowest BCUT2D eigenvalue weighted by Crippen LogP contribution is -2.14. The van der Waals surface area contributed by atoms with Gasteiger partial charge in [-0.05, 0) is 51.9 Å². The molecule has 0 bridgehead atoms. The maximum absolute atomic E-state index is 4.86. The van der Waals surface area contributed by atoms with E-state index in [0.29, 0.717) is 17.5 Å². The van der Waals surface area contributed by atoms with Crippen LogP contribution in [0.4, 0.5) is 0 Å². The molecular formula is C36H26N4. The molecule has 0 saturated carbocycles. The Hall–Kier alpha value is -5.35. The Bertz CT molecular complexity index is 1800. The van der Waals surface area contributed by atoms with Crippen molar-refractivity contribution < 1.29 is 0 Å². The monoisotopic (exact) mass is 514 g/mol. The first-order valence-corrected chi connectivity index (χ1v) is 13.4. The molecule has 190 valence electrons. The van der Waals surface area contributed by atoms with Crippen molar-refractivity contribution >= 4 is 10.8 Å². The number of allylic oxidation sites excluding steroid dienone is 2. The molecule has 4 nitrogen and oxygen atoms in total. The summed E-state index contributed by atoms with van der Waals surface area (Å²) in [5, 5.41) is 5.86. The van der Waals surface area contributed by atoms with E-state index in [4.69, 9.17) is 15.0 Å². The van der Waals surface area contributed by atoms with Crippen LogP contribution >= 0.6 is 0 Å². The van der Waals surface area contributed by atoms with E-state index in [9.17, 15) is 0 Å². The topological polar surface area (TPSA) is 50.7 Å². The van der Waals surface area contributed by atoms with Gasteiger partial charge in [0.15, 0.2) is 17.5 Å². The maximum Gasteiger partial charge on any atom is 0.164 e. The number of dihydropyridines is 1. The minimum Gasteiger partial charge on any atom is -0.381 e. The Morgan fingerprint density at radius 2 is 1.00 bits per heavy atom. The second-order valence-electron chi connectivity index (χ2n) is 9.83. The van der Waals surface area contributed by atoms with Crippen molar-refractivity contribution in [1.82, 2.24) is 20.3 Å². The van der Waals surface area contributed by atoms with Crippen molar-refractivity contribution in [3.8, 4) is 45.3 Å². The summed E-state index contributed by atoms with van der Waals surface area (Å²) in [5.74, 6) is 1.98. The first-order chi connectivity index (χ1) is 19.8. The standard InChI is InChI=1S/C36H26N4/c1-3-9-27(10-4-1)34-38-35(28-11-5-2-6-12-28)40-36(39-34)29-18-14-25(15-19-29)30-20-16-26-17-21-31(24-32(26)23-30)33-13-7-8-22-37-33/h1-24,33,37H. The quantitative estimate of drug-likeness (QED) is 0.251. The predicted octanol–water partition coefficient (Wildman–Crippen LogP) is 8.41. The first-order valence-electron chi connectivity index (χ1n) is 13.4. The van der Waals surface area contributed by atoms with Gasteiger partial charge in [-0.1, -0.05) is 121 Å². The second-order valence-corrected chi connectivity index (χ2v) is 9.83. The van der Waals surface area contributed by atoms with E-state index in [1.165, 1.54) is 21.9 Å². The molecule has 1 aliphatic rings. The van der Waals surface area contributed by atoms with E-state index in [2.05, 4.69) is 78.1 Å². The van der Waals surface area contributed by atoms with E-state index >= 15 is 0 Å². The number of aromatic nitrogens is 3. The van der Waals surface area contributed by atoms with Gasteiger partial charge in [-0.15, -0.1) is 0 Å². The molecule has 1 atom stereocenters. The number of nitrogens with zero attached hydrogens (tertiary/aromatic N) is 3. The number of hydrogen-bond acceptors (Lipinski definition) is 4. The highest BCUT2D eigenvalue weighted by Crippen LogP contribution is 2.30. The lowest BCUT2D eigenvalue weighted by atomic mass is 9.97. The van der Waals surface area contributed by atoms with E-state index in [1.807, 2.05) is 72.9 Å². The Morgan fingerprint density at radius 3 is 1.60 bits per heavy atom. The number of benzene rings is 5. The Labute approximate surface area is 233 Å². The van der Waals surface area contributed by atoms with Gasteiger partial charge < -0.3 is 5.32 Å². The number of rotatable bonds is 5. The summed E-state index contributed by atoms with van der Waals surface area (Å²) >= 11 is 0. The summed E-state index contributed by atoms with van der Waals surface area (Å²) in [6.07, 6.45) is 8.27. The van der Waals surface area contributed by atoms with Gasteiger partial charge in [0.25, 0.3) is 0 Å². The van der Waals surface area contributed by atoms with Crippen molar-refractivity contribution in [2.24, 2.45) is 0 Å². The van der Waals surface area contributed by atoms with Gasteiger partial charge in [0, 0.05) is 16.7 Å². The van der Waals surface area contributed by atoms with Crippen LogP contribution in [0, 0.1) is 0 Å². The largest absolute Gasteiger partial charge is 0.381 e. The zero-order chi connectivity index (χ0) is 26.7. The molecule has 0 aliphatic carbocycles. The third kappa shape index (κ3) is 4.79. The fraction of sp³-hybridized carbons (Fsp3) is 0.0278. The normalized spacial score (nSPS) is 14.2. The average molecular weight is 515 g/mol. The molecule has 1 aliphatic heterocycles. The van der Waals surface area contributed by atoms with E-state index in [1.54, 1.807) is 0 Å². The highest BCUT2D eigenvalue weighted by molar-refractivity contribution is 5.88. The molecule has 0 amide bonds. The third-order valence-electron chi connectivity index (χ3n) is 7.19.